The van der Waals surface area contributed by atoms with Crippen LogP contribution in [0.3, 0.4) is 0 Å². The molecule has 2 aromatic rings. The van der Waals surface area contributed by atoms with Crippen molar-refractivity contribution in [3.8, 4) is 17.0 Å². The quantitative estimate of drug-likeness (QED) is 0.642. The van der Waals surface area contributed by atoms with Gasteiger partial charge < -0.3 is 9.84 Å². The zero-order valence-electron chi connectivity index (χ0n) is 11.0. The van der Waals surface area contributed by atoms with Gasteiger partial charge in [-0.2, -0.15) is 5.10 Å². The highest BCUT2D eigenvalue weighted by Crippen LogP contribution is 2.30. The summed E-state index contributed by atoms with van der Waals surface area (Å²) in [4.78, 5) is 10.6. The van der Waals surface area contributed by atoms with E-state index in [4.69, 9.17) is 9.84 Å². The highest BCUT2D eigenvalue weighted by atomic mass is 16.6. The molecule has 7 nitrogen and oxygen atoms in total. The van der Waals surface area contributed by atoms with E-state index in [0.717, 1.165) is 0 Å². The van der Waals surface area contributed by atoms with Crippen molar-refractivity contribution in [2.45, 2.75) is 13.5 Å². The van der Waals surface area contributed by atoms with Gasteiger partial charge in [0.15, 0.2) is 0 Å². The second-order valence-corrected chi connectivity index (χ2v) is 4.04. The lowest BCUT2D eigenvalue weighted by atomic mass is 10.1. The van der Waals surface area contributed by atoms with Crippen molar-refractivity contribution in [2.75, 3.05) is 13.2 Å². The number of aliphatic hydroxyl groups is 1. The van der Waals surface area contributed by atoms with Crippen molar-refractivity contribution >= 4 is 5.69 Å². The smallest absolute Gasteiger partial charge is 0.314 e. The van der Waals surface area contributed by atoms with E-state index < -0.39 is 4.92 Å². The monoisotopic (exact) mass is 277 g/mol. The molecule has 0 amide bonds. The second-order valence-electron chi connectivity index (χ2n) is 4.04. The molecule has 0 unspecified atom stereocenters. The van der Waals surface area contributed by atoms with Crippen LogP contribution >= 0.6 is 0 Å². The first-order chi connectivity index (χ1) is 9.67. The Morgan fingerprint density at radius 2 is 2.10 bits per heavy atom. The molecule has 0 aliphatic heterocycles. The molecule has 1 aromatic heterocycles. The Hall–Kier alpha value is -2.41. The molecule has 0 saturated carbocycles. The number of aliphatic hydroxyl groups excluding tert-OH is 1. The molecule has 0 radical (unpaired) electrons. The van der Waals surface area contributed by atoms with Crippen molar-refractivity contribution < 1.29 is 14.8 Å². The third-order valence-electron chi connectivity index (χ3n) is 2.77. The maximum absolute atomic E-state index is 11.0. The molecule has 1 N–H and O–H groups in total. The van der Waals surface area contributed by atoms with E-state index in [1.807, 2.05) is 6.92 Å². The van der Waals surface area contributed by atoms with Crippen LogP contribution in [0.15, 0.2) is 30.5 Å². The van der Waals surface area contributed by atoms with Crippen molar-refractivity contribution in [2.24, 2.45) is 0 Å². The number of rotatable bonds is 6. The van der Waals surface area contributed by atoms with Crippen molar-refractivity contribution in [3.63, 3.8) is 0 Å². The summed E-state index contributed by atoms with van der Waals surface area (Å²) < 4.78 is 6.76. The molecule has 2 rings (SSSR count). The van der Waals surface area contributed by atoms with Crippen LogP contribution in [-0.2, 0) is 6.54 Å². The van der Waals surface area contributed by atoms with Gasteiger partial charge in [-0.05, 0) is 31.2 Å². The number of hydrogen-bond donors (Lipinski definition) is 1. The van der Waals surface area contributed by atoms with E-state index in [-0.39, 0.29) is 18.8 Å². The van der Waals surface area contributed by atoms with Crippen LogP contribution in [0.25, 0.3) is 11.3 Å². The molecule has 106 valence electrons. The topological polar surface area (TPSA) is 90.4 Å². The number of hydrogen-bond acceptors (Lipinski definition) is 5. The predicted molar refractivity (Wildman–Crippen MR) is 72.6 cm³/mol. The molecule has 1 aromatic carbocycles. The third-order valence-corrected chi connectivity index (χ3v) is 2.77. The Morgan fingerprint density at radius 3 is 2.65 bits per heavy atom. The zero-order chi connectivity index (χ0) is 14.5. The summed E-state index contributed by atoms with van der Waals surface area (Å²) in [6, 6.07) is 6.98. The number of nitrogens with zero attached hydrogens (tertiary/aromatic N) is 3. The van der Waals surface area contributed by atoms with Gasteiger partial charge in [0.1, 0.15) is 17.6 Å². The first-order valence-electron chi connectivity index (χ1n) is 6.21. The van der Waals surface area contributed by atoms with Crippen molar-refractivity contribution in [3.05, 3.63) is 40.6 Å². The van der Waals surface area contributed by atoms with E-state index >= 15 is 0 Å². The molecule has 0 fully saturated rings. The lowest BCUT2D eigenvalue weighted by Gasteiger charge is -2.07. The number of nitro groups is 1. The van der Waals surface area contributed by atoms with Gasteiger partial charge >= 0.3 is 5.69 Å². The molecule has 7 heteroatoms. The summed E-state index contributed by atoms with van der Waals surface area (Å²) in [6.07, 6.45) is 1.20. The van der Waals surface area contributed by atoms with Gasteiger partial charge in [0, 0.05) is 5.56 Å². The lowest BCUT2D eigenvalue weighted by molar-refractivity contribution is -0.384. The molecule has 0 aliphatic rings. The van der Waals surface area contributed by atoms with Gasteiger partial charge in [-0.15, -0.1) is 0 Å². The number of aromatic nitrogens is 2. The lowest BCUT2D eigenvalue weighted by Crippen LogP contribution is -2.06. The minimum Gasteiger partial charge on any atom is -0.494 e. The highest BCUT2D eigenvalue weighted by molar-refractivity contribution is 5.70. The maximum Gasteiger partial charge on any atom is 0.314 e. The Kier molecular flexibility index (Phi) is 4.31. The van der Waals surface area contributed by atoms with E-state index in [2.05, 4.69) is 5.10 Å². The van der Waals surface area contributed by atoms with E-state index in [1.54, 1.807) is 24.3 Å². The molecule has 0 aliphatic carbocycles. The first-order valence-corrected chi connectivity index (χ1v) is 6.21. The molecular formula is C13H15N3O4. The average Bonchev–Trinajstić information content (AvgIpc) is 2.84. The molecule has 0 bridgehead atoms. The van der Waals surface area contributed by atoms with Gasteiger partial charge in [0.25, 0.3) is 0 Å². The van der Waals surface area contributed by atoms with Crippen LogP contribution < -0.4 is 4.74 Å². The standard InChI is InChI=1S/C13H15N3O4/c1-2-20-11-5-3-10(4-6-11)13-12(16(18)19)9-14-15(13)7-8-17/h3-6,9,17H,2,7-8H2,1H3. The van der Waals surface area contributed by atoms with Crippen molar-refractivity contribution in [1.82, 2.24) is 9.78 Å². The Morgan fingerprint density at radius 1 is 1.40 bits per heavy atom. The van der Waals surface area contributed by atoms with Crippen LogP contribution in [0.2, 0.25) is 0 Å². The summed E-state index contributed by atoms with van der Waals surface area (Å²) in [6.45, 7) is 2.51. The van der Waals surface area contributed by atoms with Crippen LogP contribution in [0.5, 0.6) is 5.75 Å². The SMILES string of the molecule is CCOc1ccc(-c2c([N+](=O)[O-])cnn2CCO)cc1. The fourth-order valence-electron chi connectivity index (χ4n) is 1.95. The Labute approximate surface area is 115 Å². The number of ether oxygens (including phenoxy) is 1. The van der Waals surface area contributed by atoms with E-state index in [0.29, 0.717) is 23.6 Å². The van der Waals surface area contributed by atoms with Gasteiger partial charge in [-0.25, -0.2) is 0 Å². The Bertz CT molecular complexity index is 592. The first kappa shape index (κ1) is 14.0. The van der Waals surface area contributed by atoms with Crippen molar-refractivity contribution in [1.29, 1.82) is 0 Å². The van der Waals surface area contributed by atoms with E-state index in [1.165, 1.54) is 10.9 Å². The summed E-state index contributed by atoms with van der Waals surface area (Å²) in [5.74, 6) is 0.701. The highest BCUT2D eigenvalue weighted by Gasteiger charge is 2.21. The summed E-state index contributed by atoms with van der Waals surface area (Å²) in [5, 5.41) is 24.0. The van der Waals surface area contributed by atoms with Gasteiger partial charge in [0.05, 0.1) is 24.7 Å². The van der Waals surface area contributed by atoms with E-state index in [9.17, 15) is 10.1 Å². The fourth-order valence-corrected chi connectivity index (χ4v) is 1.95. The molecular weight excluding hydrogens is 262 g/mol. The zero-order valence-corrected chi connectivity index (χ0v) is 11.0. The number of benzene rings is 1. The van der Waals surface area contributed by atoms with Gasteiger partial charge in [0.2, 0.25) is 0 Å². The average molecular weight is 277 g/mol. The summed E-state index contributed by atoms with van der Waals surface area (Å²) >= 11 is 0. The van der Waals surface area contributed by atoms with Gasteiger partial charge in [-0.3, -0.25) is 14.8 Å². The molecule has 0 spiro atoms. The Balaban J connectivity index is 2.43. The van der Waals surface area contributed by atoms with Gasteiger partial charge in [-0.1, -0.05) is 0 Å². The normalized spacial score (nSPS) is 10.5. The van der Waals surface area contributed by atoms with Crippen LogP contribution in [-0.4, -0.2) is 33.0 Å². The fraction of sp³-hybridized carbons (Fsp3) is 0.308. The summed E-state index contributed by atoms with van der Waals surface area (Å²) in [5.41, 5.74) is 0.959. The maximum atomic E-state index is 11.0. The minimum atomic E-state index is -0.480. The van der Waals surface area contributed by atoms with Crippen LogP contribution in [0.1, 0.15) is 6.92 Å². The molecule has 1 heterocycles. The molecule has 20 heavy (non-hydrogen) atoms. The summed E-state index contributed by atoms with van der Waals surface area (Å²) in [7, 11) is 0. The molecule has 0 atom stereocenters. The largest absolute Gasteiger partial charge is 0.494 e. The molecule has 0 saturated heterocycles. The van der Waals surface area contributed by atoms with Crippen LogP contribution in [0.4, 0.5) is 5.69 Å². The van der Waals surface area contributed by atoms with Crippen LogP contribution in [0, 0.1) is 10.1 Å². The minimum absolute atomic E-state index is 0.0809. The third kappa shape index (κ3) is 2.77. The predicted octanol–water partition coefficient (Wildman–Crippen LogP) is 1.85. The second kappa shape index (κ2) is 6.16.